The molecule has 0 spiro atoms. The summed E-state index contributed by atoms with van der Waals surface area (Å²) in [4.78, 5) is 3.54. The van der Waals surface area contributed by atoms with Gasteiger partial charge in [-0.3, -0.25) is 0 Å². The van der Waals surface area contributed by atoms with Crippen LogP contribution in [0.15, 0.2) is 90.0 Å². The first-order chi connectivity index (χ1) is 12.6. The van der Waals surface area contributed by atoms with Gasteiger partial charge < -0.3 is 4.98 Å². The first-order valence-corrected chi connectivity index (χ1v) is 10.0. The third kappa shape index (κ3) is 2.82. The minimum atomic E-state index is -3.61. The fraction of sp³-hybridized carbons (Fsp3) is 0.0909. The van der Waals surface area contributed by atoms with Crippen molar-refractivity contribution >= 4 is 20.7 Å². The van der Waals surface area contributed by atoms with Crippen LogP contribution < -0.4 is 0 Å². The Labute approximate surface area is 153 Å². The molecule has 1 unspecified atom stereocenters. The van der Waals surface area contributed by atoms with E-state index in [2.05, 4.69) is 4.98 Å². The topological polar surface area (TPSA) is 49.9 Å². The molecule has 4 aromatic rings. The van der Waals surface area contributed by atoms with E-state index in [0.717, 1.165) is 27.6 Å². The van der Waals surface area contributed by atoms with Gasteiger partial charge in [-0.05, 0) is 30.7 Å². The Morgan fingerprint density at radius 2 is 1.58 bits per heavy atom. The molecule has 0 saturated carbocycles. The summed E-state index contributed by atoms with van der Waals surface area (Å²) in [5.74, 6) is 0. The Morgan fingerprint density at radius 1 is 0.846 bits per heavy atom. The highest BCUT2D eigenvalue weighted by Gasteiger charge is 2.32. The average molecular weight is 361 g/mol. The minimum Gasteiger partial charge on any atom is -0.361 e. The summed E-state index contributed by atoms with van der Waals surface area (Å²) in [5.41, 5.74) is 3.52. The molecule has 0 aliphatic carbocycles. The summed E-state index contributed by atoms with van der Waals surface area (Å²) in [6.07, 6.45) is 1.82. The molecule has 0 radical (unpaired) electrons. The minimum absolute atomic E-state index is 0.330. The van der Waals surface area contributed by atoms with Crippen LogP contribution in [0.1, 0.15) is 21.9 Å². The van der Waals surface area contributed by atoms with Crippen LogP contribution in [0.3, 0.4) is 0 Å². The van der Waals surface area contributed by atoms with Crippen molar-refractivity contribution in [3.8, 4) is 0 Å². The van der Waals surface area contributed by atoms with Gasteiger partial charge in [-0.15, -0.1) is 0 Å². The molecule has 0 saturated heterocycles. The number of aromatic amines is 1. The van der Waals surface area contributed by atoms with E-state index < -0.39 is 15.1 Å². The maximum absolute atomic E-state index is 13.6. The van der Waals surface area contributed by atoms with Gasteiger partial charge in [0.15, 0.2) is 9.84 Å². The highest BCUT2D eigenvalue weighted by Crippen LogP contribution is 2.38. The van der Waals surface area contributed by atoms with E-state index in [-0.39, 0.29) is 0 Å². The second kappa shape index (κ2) is 6.46. The second-order valence-electron chi connectivity index (χ2n) is 6.44. The Kier molecular flexibility index (Phi) is 4.13. The molecule has 26 heavy (non-hydrogen) atoms. The van der Waals surface area contributed by atoms with Crippen LogP contribution in [-0.2, 0) is 9.84 Å². The number of fused-ring (bicyclic) bond motifs is 1. The zero-order chi connectivity index (χ0) is 18.1. The van der Waals surface area contributed by atoms with Gasteiger partial charge in [0.1, 0.15) is 5.25 Å². The molecule has 4 heteroatoms. The van der Waals surface area contributed by atoms with Crippen molar-refractivity contribution in [3.63, 3.8) is 0 Å². The second-order valence-corrected chi connectivity index (χ2v) is 8.47. The summed E-state index contributed by atoms with van der Waals surface area (Å²) in [6.45, 7) is 1.98. The van der Waals surface area contributed by atoms with Gasteiger partial charge in [0.25, 0.3) is 0 Å². The Morgan fingerprint density at radius 3 is 2.35 bits per heavy atom. The number of hydrogen-bond donors (Lipinski definition) is 1. The van der Waals surface area contributed by atoms with Crippen LogP contribution in [0.5, 0.6) is 0 Å². The maximum Gasteiger partial charge on any atom is 0.189 e. The lowest BCUT2D eigenvalue weighted by atomic mass is 10.0. The number of rotatable bonds is 4. The number of aromatic nitrogens is 1. The fourth-order valence-corrected chi connectivity index (χ4v) is 5.26. The zero-order valence-electron chi connectivity index (χ0n) is 14.4. The number of para-hydroxylation sites is 1. The maximum atomic E-state index is 13.6. The Balaban J connectivity index is 1.99. The summed E-state index contributed by atoms with van der Waals surface area (Å²) in [5, 5.41) is 0.166. The van der Waals surface area contributed by atoms with Crippen molar-refractivity contribution in [1.82, 2.24) is 4.98 Å². The van der Waals surface area contributed by atoms with Crippen molar-refractivity contribution in [2.45, 2.75) is 17.1 Å². The SMILES string of the molecule is Cc1cccc(C(c2c[nH]c3ccccc23)S(=O)(=O)c2ccccc2)c1. The summed E-state index contributed by atoms with van der Waals surface area (Å²) >= 11 is 0. The van der Waals surface area contributed by atoms with E-state index in [1.165, 1.54) is 0 Å². The Bertz CT molecular complexity index is 1160. The van der Waals surface area contributed by atoms with E-state index in [9.17, 15) is 8.42 Å². The van der Waals surface area contributed by atoms with Gasteiger partial charge in [0.2, 0.25) is 0 Å². The summed E-state index contributed by atoms with van der Waals surface area (Å²) in [7, 11) is -3.61. The lowest BCUT2D eigenvalue weighted by Gasteiger charge is -2.19. The molecular formula is C22H19NO2S. The number of H-pyrrole nitrogens is 1. The predicted octanol–water partition coefficient (Wildman–Crippen LogP) is 5.04. The molecule has 1 heterocycles. The first kappa shape index (κ1) is 16.6. The molecular weight excluding hydrogens is 342 g/mol. The predicted molar refractivity (Wildman–Crippen MR) is 105 cm³/mol. The van der Waals surface area contributed by atoms with Crippen molar-refractivity contribution in [2.24, 2.45) is 0 Å². The van der Waals surface area contributed by atoms with Crippen LogP contribution >= 0.6 is 0 Å². The molecule has 0 bridgehead atoms. The molecule has 0 aliphatic rings. The van der Waals surface area contributed by atoms with Crippen LogP contribution in [0.25, 0.3) is 10.9 Å². The highest BCUT2D eigenvalue weighted by atomic mass is 32.2. The van der Waals surface area contributed by atoms with Gasteiger partial charge in [-0.1, -0.05) is 66.2 Å². The molecule has 3 aromatic carbocycles. The largest absolute Gasteiger partial charge is 0.361 e. The van der Waals surface area contributed by atoms with E-state index >= 15 is 0 Å². The number of hydrogen-bond acceptors (Lipinski definition) is 2. The van der Waals surface area contributed by atoms with Crippen molar-refractivity contribution in [2.75, 3.05) is 0 Å². The standard InChI is InChI=1S/C22H19NO2S/c1-16-8-7-9-17(14-16)22(26(24,25)18-10-3-2-4-11-18)20-15-23-21-13-6-5-12-19(20)21/h2-15,22-23H,1H3. The monoisotopic (exact) mass is 361 g/mol. The van der Waals surface area contributed by atoms with Crippen molar-refractivity contribution < 1.29 is 8.42 Å². The number of nitrogens with one attached hydrogen (secondary N) is 1. The molecule has 0 fully saturated rings. The number of benzene rings is 3. The Hall–Kier alpha value is -2.85. The van der Waals surface area contributed by atoms with Gasteiger partial charge >= 0.3 is 0 Å². The van der Waals surface area contributed by atoms with Crippen LogP contribution in [0, 0.1) is 6.92 Å². The van der Waals surface area contributed by atoms with E-state index in [0.29, 0.717) is 4.90 Å². The average Bonchev–Trinajstić information content (AvgIpc) is 3.06. The molecule has 0 aliphatic heterocycles. The normalized spacial score (nSPS) is 13.0. The zero-order valence-corrected chi connectivity index (χ0v) is 15.2. The van der Waals surface area contributed by atoms with Gasteiger partial charge in [-0.2, -0.15) is 0 Å². The first-order valence-electron chi connectivity index (χ1n) is 8.49. The van der Waals surface area contributed by atoms with Gasteiger partial charge in [0, 0.05) is 22.7 Å². The van der Waals surface area contributed by atoms with Crippen LogP contribution in [0.2, 0.25) is 0 Å². The van der Waals surface area contributed by atoms with Crippen molar-refractivity contribution in [1.29, 1.82) is 0 Å². The van der Waals surface area contributed by atoms with E-state index in [1.807, 2.05) is 67.7 Å². The summed E-state index contributed by atoms with van der Waals surface area (Å²) in [6, 6.07) is 24.2. The van der Waals surface area contributed by atoms with E-state index in [1.54, 1.807) is 24.3 Å². The van der Waals surface area contributed by atoms with Gasteiger partial charge in [-0.25, -0.2) is 8.42 Å². The van der Waals surface area contributed by atoms with E-state index in [4.69, 9.17) is 0 Å². The van der Waals surface area contributed by atoms with Crippen molar-refractivity contribution in [3.05, 3.63) is 102 Å². The summed E-state index contributed by atoms with van der Waals surface area (Å²) < 4.78 is 27.1. The number of aryl methyl sites for hydroxylation is 1. The quantitative estimate of drug-likeness (QED) is 0.554. The smallest absolute Gasteiger partial charge is 0.189 e. The lowest BCUT2D eigenvalue weighted by Crippen LogP contribution is -2.15. The molecule has 1 N–H and O–H groups in total. The van der Waals surface area contributed by atoms with Gasteiger partial charge in [0.05, 0.1) is 4.90 Å². The highest BCUT2D eigenvalue weighted by molar-refractivity contribution is 7.92. The number of sulfone groups is 1. The molecule has 130 valence electrons. The molecule has 0 amide bonds. The molecule has 3 nitrogen and oxygen atoms in total. The molecule has 1 atom stereocenters. The molecule has 4 rings (SSSR count). The third-order valence-corrected chi connectivity index (χ3v) is 6.71. The third-order valence-electron chi connectivity index (χ3n) is 4.63. The van der Waals surface area contributed by atoms with Crippen LogP contribution in [-0.4, -0.2) is 13.4 Å². The lowest BCUT2D eigenvalue weighted by molar-refractivity contribution is 0.589. The fourth-order valence-electron chi connectivity index (χ4n) is 3.42. The molecule has 1 aromatic heterocycles. The van der Waals surface area contributed by atoms with Crippen LogP contribution in [0.4, 0.5) is 0 Å².